The maximum Gasteiger partial charge on any atom is 0.164 e. The minimum atomic E-state index is 0.612. The van der Waals surface area contributed by atoms with E-state index in [2.05, 4.69) is 199 Å². The van der Waals surface area contributed by atoms with E-state index in [0.717, 1.165) is 111 Å². The molecule has 0 atom stereocenters. The number of hydrogen-bond donors (Lipinski definition) is 0. The van der Waals surface area contributed by atoms with Crippen LogP contribution in [0.25, 0.3) is 150 Å². The van der Waals surface area contributed by atoms with E-state index in [9.17, 15) is 0 Å². The molecule has 0 saturated carbocycles. The fourth-order valence-corrected chi connectivity index (χ4v) is 11.1. The molecule has 0 aliphatic rings. The average Bonchev–Trinajstić information content (AvgIpc) is 4.22. The van der Waals surface area contributed by atoms with E-state index in [0.29, 0.717) is 17.5 Å². The van der Waals surface area contributed by atoms with Gasteiger partial charge in [-0.2, -0.15) is 0 Å². The van der Waals surface area contributed by atoms with Gasteiger partial charge in [0.05, 0.1) is 22.1 Å². The maximum absolute atomic E-state index is 6.69. The zero-order valence-electron chi connectivity index (χ0n) is 40.4. The van der Waals surface area contributed by atoms with Gasteiger partial charge < -0.3 is 13.4 Å². The molecule has 0 unspecified atom stereocenters. The summed E-state index contributed by atoms with van der Waals surface area (Å²) in [5.41, 5.74) is 18.4. The van der Waals surface area contributed by atoms with E-state index in [4.69, 9.17) is 23.8 Å². The molecule has 0 fully saturated rings. The van der Waals surface area contributed by atoms with Crippen molar-refractivity contribution in [2.45, 2.75) is 0 Å². The Morgan fingerprint density at radius 1 is 0.253 bits per heavy atom. The normalized spacial score (nSPS) is 11.7. The van der Waals surface area contributed by atoms with Gasteiger partial charge in [-0.15, -0.1) is 0 Å². The molecular weight excluding hydrogens is 917 g/mol. The first-order chi connectivity index (χ1) is 37.1. The van der Waals surface area contributed by atoms with Crippen molar-refractivity contribution in [2.24, 2.45) is 0 Å². The number of furan rings is 2. The highest BCUT2D eigenvalue weighted by Gasteiger charge is 2.21. The van der Waals surface area contributed by atoms with Crippen LogP contribution in [0.2, 0.25) is 0 Å². The molecule has 4 heterocycles. The SMILES string of the molecule is c1ccc(-c2ccc3c(c2)c2ccccc2n3-c2cccc3oc4ccc(-c5cccc(-c6ccc7c(c6)oc6cccc(-c8cccc(-c9nc(-c%10ccccc%10)nc(-c%10ccccc%10)n9)c8)c67)c5)cc4c23)cc1. The van der Waals surface area contributed by atoms with Crippen LogP contribution in [-0.4, -0.2) is 19.5 Å². The van der Waals surface area contributed by atoms with E-state index in [1.165, 1.54) is 21.9 Å². The van der Waals surface area contributed by atoms with Crippen molar-refractivity contribution >= 4 is 65.7 Å². The van der Waals surface area contributed by atoms with Gasteiger partial charge in [0.2, 0.25) is 0 Å². The Morgan fingerprint density at radius 2 is 0.747 bits per heavy atom. The molecule has 15 aromatic rings. The van der Waals surface area contributed by atoms with Gasteiger partial charge in [0.15, 0.2) is 17.5 Å². The van der Waals surface area contributed by atoms with Crippen LogP contribution in [0.5, 0.6) is 0 Å². The van der Waals surface area contributed by atoms with Crippen LogP contribution in [0.3, 0.4) is 0 Å². The van der Waals surface area contributed by atoms with Crippen molar-refractivity contribution in [2.75, 3.05) is 0 Å². The third-order valence-corrected chi connectivity index (χ3v) is 14.7. The van der Waals surface area contributed by atoms with Crippen LogP contribution in [0.4, 0.5) is 0 Å². The molecular formula is C69H42N4O2. The Balaban J connectivity index is 0.790. The van der Waals surface area contributed by atoms with Crippen molar-refractivity contribution in [3.63, 3.8) is 0 Å². The maximum atomic E-state index is 6.69. The molecule has 0 bridgehead atoms. The number of para-hydroxylation sites is 1. The van der Waals surface area contributed by atoms with E-state index >= 15 is 0 Å². The molecule has 0 aliphatic heterocycles. The summed E-state index contributed by atoms with van der Waals surface area (Å²) in [6, 6.07) is 89.3. The van der Waals surface area contributed by atoms with Crippen LogP contribution in [0.1, 0.15) is 0 Å². The summed E-state index contributed by atoms with van der Waals surface area (Å²) in [6.07, 6.45) is 0. The molecule has 0 spiro atoms. The first kappa shape index (κ1) is 42.5. The summed E-state index contributed by atoms with van der Waals surface area (Å²) >= 11 is 0. The van der Waals surface area contributed by atoms with Crippen molar-refractivity contribution in [3.8, 4) is 84.4 Å². The molecule has 350 valence electrons. The van der Waals surface area contributed by atoms with Gasteiger partial charge in [-0.25, -0.2) is 15.0 Å². The smallest absolute Gasteiger partial charge is 0.164 e. The number of hydrogen-bond acceptors (Lipinski definition) is 5. The largest absolute Gasteiger partial charge is 0.456 e. The lowest BCUT2D eigenvalue weighted by Gasteiger charge is -2.11. The van der Waals surface area contributed by atoms with Crippen molar-refractivity contribution < 1.29 is 8.83 Å². The van der Waals surface area contributed by atoms with Crippen molar-refractivity contribution in [1.29, 1.82) is 0 Å². The second kappa shape index (κ2) is 17.3. The van der Waals surface area contributed by atoms with Gasteiger partial charge in [0.1, 0.15) is 22.3 Å². The summed E-state index contributed by atoms with van der Waals surface area (Å²) in [4.78, 5) is 14.9. The Labute approximate surface area is 431 Å². The molecule has 6 heteroatoms. The zero-order valence-corrected chi connectivity index (χ0v) is 40.4. The van der Waals surface area contributed by atoms with Gasteiger partial charge in [-0.3, -0.25) is 0 Å². The van der Waals surface area contributed by atoms with Gasteiger partial charge in [-0.1, -0.05) is 182 Å². The fraction of sp³-hybridized carbons (Fsp3) is 0. The molecule has 15 rings (SSSR count). The topological polar surface area (TPSA) is 69.9 Å². The quantitative estimate of drug-likeness (QED) is 0.152. The van der Waals surface area contributed by atoms with E-state index < -0.39 is 0 Å². The summed E-state index contributed by atoms with van der Waals surface area (Å²) in [5.74, 6) is 1.87. The summed E-state index contributed by atoms with van der Waals surface area (Å²) in [6.45, 7) is 0. The van der Waals surface area contributed by atoms with Crippen LogP contribution in [-0.2, 0) is 0 Å². The van der Waals surface area contributed by atoms with Crippen LogP contribution in [0.15, 0.2) is 264 Å². The highest BCUT2D eigenvalue weighted by molar-refractivity contribution is 6.16. The number of fused-ring (bicyclic) bond motifs is 9. The van der Waals surface area contributed by atoms with E-state index in [1.807, 2.05) is 60.7 Å². The second-order valence-corrected chi connectivity index (χ2v) is 19.1. The van der Waals surface area contributed by atoms with Crippen molar-refractivity contribution in [3.05, 3.63) is 255 Å². The van der Waals surface area contributed by atoms with Crippen molar-refractivity contribution in [1.82, 2.24) is 19.5 Å². The second-order valence-electron chi connectivity index (χ2n) is 19.1. The molecule has 0 saturated heterocycles. The first-order valence-electron chi connectivity index (χ1n) is 25.2. The van der Waals surface area contributed by atoms with Crippen LogP contribution >= 0.6 is 0 Å². The van der Waals surface area contributed by atoms with E-state index in [1.54, 1.807) is 0 Å². The first-order valence-corrected chi connectivity index (χ1v) is 25.2. The molecule has 0 N–H and O–H groups in total. The van der Waals surface area contributed by atoms with Gasteiger partial charge in [0.25, 0.3) is 0 Å². The zero-order chi connectivity index (χ0) is 49.4. The van der Waals surface area contributed by atoms with E-state index in [-0.39, 0.29) is 0 Å². The summed E-state index contributed by atoms with van der Waals surface area (Å²) in [5, 5.41) is 6.70. The van der Waals surface area contributed by atoms with Crippen LogP contribution < -0.4 is 0 Å². The Kier molecular flexibility index (Phi) is 9.78. The third-order valence-electron chi connectivity index (χ3n) is 14.7. The standard InChI is InChI=1S/C69H42N4O2/c1-4-16-43(17-5-1)48-33-36-59-56(40-48)54-26-10-11-28-58(54)73(59)60-29-15-31-63-66(60)57-41-49(34-37-61(57)74-63)46-22-12-23-47(38-46)50-32-35-55-64(42-50)75-62-30-14-27-53(65(55)62)51-24-13-25-52(39-51)69-71-67(44-18-6-2-7-19-44)70-68(72-69)45-20-8-3-9-21-45/h1-42H. The molecule has 75 heavy (non-hydrogen) atoms. The Bertz CT molecular complexity index is 4650. The third kappa shape index (κ3) is 7.22. The number of benzene rings is 11. The predicted molar refractivity (Wildman–Crippen MR) is 307 cm³/mol. The van der Waals surface area contributed by atoms with Gasteiger partial charge in [0, 0.05) is 43.6 Å². The molecule has 6 nitrogen and oxygen atoms in total. The van der Waals surface area contributed by atoms with Crippen LogP contribution in [0, 0.1) is 0 Å². The van der Waals surface area contributed by atoms with Gasteiger partial charge >= 0.3 is 0 Å². The number of rotatable bonds is 8. The minimum Gasteiger partial charge on any atom is -0.456 e. The Hall–Kier alpha value is -10.2. The van der Waals surface area contributed by atoms with Gasteiger partial charge in [-0.05, 0) is 117 Å². The summed E-state index contributed by atoms with van der Waals surface area (Å²) < 4.78 is 15.7. The fourth-order valence-electron chi connectivity index (χ4n) is 11.1. The lowest BCUT2D eigenvalue weighted by atomic mass is 9.95. The Morgan fingerprint density at radius 3 is 1.49 bits per heavy atom. The number of nitrogens with zero attached hydrogens (tertiary/aromatic N) is 4. The summed E-state index contributed by atoms with van der Waals surface area (Å²) in [7, 11) is 0. The molecule has 0 aliphatic carbocycles. The minimum absolute atomic E-state index is 0.612. The molecule has 0 radical (unpaired) electrons. The highest BCUT2D eigenvalue weighted by atomic mass is 16.3. The predicted octanol–water partition coefficient (Wildman–Crippen LogP) is 18.4. The molecule has 0 amide bonds. The average molecular weight is 959 g/mol. The lowest BCUT2D eigenvalue weighted by Crippen LogP contribution is -2.00. The lowest BCUT2D eigenvalue weighted by molar-refractivity contribution is 0.668. The monoisotopic (exact) mass is 958 g/mol. The number of aromatic nitrogens is 4. The highest BCUT2D eigenvalue weighted by Crippen LogP contribution is 2.43. The molecule has 4 aromatic heterocycles. The molecule has 11 aromatic carbocycles.